The van der Waals surface area contributed by atoms with Gasteiger partial charge in [0.1, 0.15) is 11.2 Å². The molecule has 57 heavy (non-hydrogen) atoms. The molecule has 11 aromatic rings. The number of rotatable bonds is 6. The summed E-state index contributed by atoms with van der Waals surface area (Å²) in [5, 5.41) is 5.53. The molecule has 0 aliphatic heterocycles. The third-order valence-electron chi connectivity index (χ3n) is 10.9. The fourth-order valence-corrected chi connectivity index (χ4v) is 8.18. The van der Waals surface area contributed by atoms with Crippen molar-refractivity contribution in [2.45, 2.75) is 0 Å². The summed E-state index contributed by atoms with van der Waals surface area (Å²) in [5.74, 6) is 0.679. The smallest absolute Gasteiger partial charge is 0.160 e. The van der Waals surface area contributed by atoms with Crippen LogP contribution in [0.25, 0.3) is 111 Å². The van der Waals surface area contributed by atoms with Gasteiger partial charge in [-0.3, -0.25) is 0 Å². The fourth-order valence-electron chi connectivity index (χ4n) is 8.18. The average molecular weight is 728 g/mol. The zero-order chi connectivity index (χ0) is 37.7. The minimum atomic E-state index is 0.679. The predicted molar refractivity (Wildman–Crippen MR) is 235 cm³/mol. The summed E-state index contributed by atoms with van der Waals surface area (Å²) in [4.78, 5) is 15.6. The Labute approximate surface area is 329 Å². The van der Waals surface area contributed by atoms with Gasteiger partial charge in [-0.2, -0.15) is 0 Å². The molecular weight excluding hydrogens is 695 g/mol. The van der Waals surface area contributed by atoms with E-state index < -0.39 is 0 Å². The number of aromatic nitrogens is 3. The Bertz CT molecular complexity index is 3260. The van der Waals surface area contributed by atoms with Crippen molar-refractivity contribution in [3.63, 3.8) is 0 Å². The highest BCUT2D eigenvalue weighted by Crippen LogP contribution is 2.46. The second kappa shape index (κ2) is 13.6. The number of nitrogens with zero attached hydrogens (tertiary/aromatic N) is 3. The molecule has 0 atom stereocenters. The molecule has 0 spiro atoms. The van der Waals surface area contributed by atoms with Crippen LogP contribution in [0, 0.1) is 0 Å². The molecule has 0 radical (unpaired) electrons. The van der Waals surface area contributed by atoms with Crippen molar-refractivity contribution in [3.8, 4) is 67.4 Å². The average Bonchev–Trinajstić information content (AvgIpc) is 3.67. The van der Waals surface area contributed by atoms with Crippen molar-refractivity contribution in [2.75, 3.05) is 0 Å². The van der Waals surface area contributed by atoms with E-state index in [9.17, 15) is 0 Å². The van der Waals surface area contributed by atoms with Crippen LogP contribution in [0.2, 0.25) is 0 Å². The van der Waals surface area contributed by atoms with Gasteiger partial charge in [0.05, 0.1) is 22.6 Å². The van der Waals surface area contributed by atoms with Crippen molar-refractivity contribution in [3.05, 3.63) is 200 Å². The SMILES string of the molecule is c1ccc(-c2cccc(-c3nc(-c4ccccc4)cc(-c4ccc(-c5nc6ccccc6c6c(-c7ccccc7)c7c(cc56)oc5ccccc57)cc4)n3)c2)cc1. The standard InChI is InChI=1S/C53H33N3O/c1-4-15-34(16-5-1)39-21-14-22-40(31-39)53-55-45(35-17-6-2-7-18-35)33-46(56-53)36-27-29-38(30-28-36)52-43-32-48-51(42-24-11-13-26-47(42)57-48)49(37-19-8-3-9-20-37)50(43)41-23-10-12-25-44(41)54-52/h1-33H. The largest absolute Gasteiger partial charge is 0.456 e. The van der Waals surface area contributed by atoms with E-state index in [1.165, 1.54) is 0 Å². The van der Waals surface area contributed by atoms with Gasteiger partial charge in [-0.25, -0.2) is 15.0 Å². The van der Waals surface area contributed by atoms with Gasteiger partial charge in [0.2, 0.25) is 0 Å². The van der Waals surface area contributed by atoms with Gasteiger partial charge >= 0.3 is 0 Å². The third kappa shape index (κ3) is 5.74. The Morgan fingerprint density at radius 2 is 0.877 bits per heavy atom. The van der Waals surface area contributed by atoms with Gasteiger partial charge in [0, 0.05) is 54.7 Å². The number of pyridine rings is 1. The number of hydrogen-bond acceptors (Lipinski definition) is 4. The first-order valence-electron chi connectivity index (χ1n) is 19.2. The van der Waals surface area contributed by atoms with E-state index in [0.29, 0.717) is 5.82 Å². The van der Waals surface area contributed by atoms with Crippen molar-refractivity contribution < 1.29 is 4.42 Å². The first-order chi connectivity index (χ1) is 28.2. The molecule has 4 nitrogen and oxygen atoms in total. The molecule has 3 heterocycles. The highest BCUT2D eigenvalue weighted by Gasteiger charge is 2.22. The van der Waals surface area contributed by atoms with E-state index in [0.717, 1.165) is 105 Å². The van der Waals surface area contributed by atoms with Gasteiger partial charge in [-0.1, -0.05) is 170 Å². The number of fused-ring (bicyclic) bond motifs is 6. The molecule has 0 bridgehead atoms. The molecule has 3 aromatic heterocycles. The van der Waals surface area contributed by atoms with Crippen LogP contribution in [0.3, 0.4) is 0 Å². The zero-order valence-corrected chi connectivity index (χ0v) is 30.8. The molecule has 0 saturated carbocycles. The van der Waals surface area contributed by atoms with Crippen molar-refractivity contribution in [1.29, 1.82) is 0 Å². The Morgan fingerprint density at radius 3 is 1.61 bits per heavy atom. The van der Waals surface area contributed by atoms with Gasteiger partial charge in [0.25, 0.3) is 0 Å². The maximum absolute atomic E-state index is 6.59. The van der Waals surface area contributed by atoms with Crippen LogP contribution in [0.5, 0.6) is 0 Å². The zero-order valence-electron chi connectivity index (χ0n) is 30.8. The van der Waals surface area contributed by atoms with Gasteiger partial charge in [-0.05, 0) is 47.0 Å². The molecule has 0 amide bonds. The first kappa shape index (κ1) is 32.7. The van der Waals surface area contributed by atoms with Gasteiger partial charge in [-0.15, -0.1) is 0 Å². The molecular formula is C53H33N3O. The monoisotopic (exact) mass is 727 g/mol. The van der Waals surface area contributed by atoms with E-state index in [4.69, 9.17) is 19.4 Å². The lowest BCUT2D eigenvalue weighted by Crippen LogP contribution is -1.96. The lowest BCUT2D eigenvalue weighted by molar-refractivity contribution is 0.669. The highest BCUT2D eigenvalue weighted by atomic mass is 16.3. The molecule has 0 saturated heterocycles. The van der Waals surface area contributed by atoms with E-state index >= 15 is 0 Å². The molecule has 0 aliphatic carbocycles. The van der Waals surface area contributed by atoms with Gasteiger partial charge < -0.3 is 4.42 Å². The number of furan rings is 1. The molecule has 0 aliphatic rings. The molecule has 4 heteroatoms. The summed E-state index contributed by atoms with van der Waals surface area (Å²) in [6.07, 6.45) is 0. The summed E-state index contributed by atoms with van der Waals surface area (Å²) in [5.41, 5.74) is 13.9. The molecule has 0 fully saturated rings. The molecule has 8 aromatic carbocycles. The van der Waals surface area contributed by atoms with Crippen LogP contribution in [0.4, 0.5) is 0 Å². The van der Waals surface area contributed by atoms with Gasteiger partial charge in [0.15, 0.2) is 5.82 Å². The van der Waals surface area contributed by atoms with Crippen LogP contribution in [-0.4, -0.2) is 15.0 Å². The van der Waals surface area contributed by atoms with Crippen LogP contribution in [-0.2, 0) is 0 Å². The Hall–Kier alpha value is -7.69. The highest BCUT2D eigenvalue weighted by molar-refractivity contribution is 6.27. The normalized spacial score (nSPS) is 11.5. The summed E-state index contributed by atoms with van der Waals surface area (Å²) in [7, 11) is 0. The molecule has 266 valence electrons. The van der Waals surface area contributed by atoms with Crippen LogP contribution in [0.1, 0.15) is 0 Å². The second-order valence-electron chi connectivity index (χ2n) is 14.3. The summed E-state index contributed by atoms with van der Waals surface area (Å²) in [6, 6.07) is 69.5. The number of para-hydroxylation sites is 2. The lowest BCUT2D eigenvalue weighted by Gasteiger charge is -2.16. The van der Waals surface area contributed by atoms with Crippen LogP contribution < -0.4 is 0 Å². The topological polar surface area (TPSA) is 51.8 Å². The predicted octanol–water partition coefficient (Wildman–Crippen LogP) is 14.1. The first-order valence-corrected chi connectivity index (χ1v) is 19.2. The maximum atomic E-state index is 6.59. The van der Waals surface area contributed by atoms with Crippen molar-refractivity contribution in [1.82, 2.24) is 15.0 Å². The van der Waals surface area contributed by atoms with Crippen LogP contribution >= 0.6 is 0 Å². The van der Waals surface area contributed by atoms with Crippen molar-refractivity contribution in [2.24, 2.45) is 0 Å². The van der Waals surface area contributed by atoms with Crippen LogP contribution in [0.15, 0.2) is 205 Å². The Morgan fingerprint density at radius 1 is 0.316 bits per heavy atom. The minimum absolute atomic E-state index is 0.679. The lowest BCUT2D eigenvalue weighted by atomic mass is 9.89. The molecule has 0 unspecified atom stereocenters. The number of benzene rings is 8. The minimum Gasteiger partial charge on any atom is -0.456 e. The summed E-state index contributed by atoms with van der Waals surface area (Å²) < 4.78 is 6.59. The molecule has 0 N–H and O–H groups in total. The van der Waals surface area contributed by atoms with E-state index in [2.05, 4.69) is 164 Å². The summed E-state index contributed by atoms with van der Waals surface area (Å²) >= 11 is 0. The molecule has 11 rings (SSSR count). The Kier molecular flexibility index (Phi) is 7.78. The number of hydrogen-bond donors (Lipinski definition) is 0. The summed E-state index contributed by atoms with van der Waals surface area (Å²) in [6.45, 7) is 0. The third-order valence-corrected chi connectivity index (χ3v) is 10.9. The maximum Gasteiger partial charge on any atom is 0.160 e. The van der Waals surface area contributed by atoms with Crippen molar-refractivity contribution >= 4 is 43.6 Å². The van der Waals surface area contributed by atoms with E-state index in [-0.39, 0.29) is 0 Å². The van der Waals surface area contributed by atoms with E-state index in [1.807, 2.05) is 36.4 Å². The fraction of sp³-hybridized carbons (Fsp3) is 0. The Balaban J connectivity index is 1.10. The second-order valence-corrected chi connectivity index (χ2v) is 14.3. The van der Waals surface area contributed by atoms with E-state index in [1.54, 1.807) is 0 Å². The quantitative estimate of drug-likeness (QED) is 0.160.